The van der Waals surface area contributed by atoms with Crippen LogP contribution >= 0.6 is 23.2 Å². The van der Waals surface area contributed by atoms with E-state index in [1.807, 2.05) is 24.3 Å². The van der Waals surface area contributed by atoms with Crippen molar-refractivity contribution in [3.05, 3.63) is 96.2 Å². The second kappa shape index (κ2) is 13.0. The Labute approximate surface area is 274 Å². The van der Waals surface area contributed by atoms with E-state index in [1.165, 1.54) is 20.3 Å². The van der Waals surface area contributed by atoms with Crippen LogP contribution in [0, 0.1) is 0 Å². The predicted octanol–water partition coefficient (Wildman–Crippen LogP) is 4.11. The maximum absolute atomic E-state index is 13.1. The number of methoxy groups -OCH3 is 1. The molecular weight excluding hydrogens is 633 g/mol. The van der Waals surface area contributed by atoms with E-state index in [1.54, 1.807) is 25.3 Å². The molecule has 1 saturated heterocycles. The Kier molecular flexibility index (Phi) is 9.04. The second-order valence-electron chi connectivity index (χ2n) is 11.5. The molecule has 2 aliphatic rings. The molecule has 0 radical (unpaired) electrons. The number of carbonyl (C=O) groups excluding carboxylic acids is 1. The number of aryl methyl sites for hydroxylation is 2. The fourth-order valence-electron chi connectivity index (χ4n) is 6.17. The molecule has 13 heteroatoms. The van der Waals surface area contributed by atoms with Crippen molar-refractivity contribution < 1.29 is 19.4 Å². The summed E-state index contributed by atoms with van der Waals surface area (Å²) < 4.78 is 13.2. The molecule has 0 saturated carbocycles. The Balaban J connectivity index is 1.31. The summed E-state index contributed by atoms with van der Waals surface area (Å²) in [5.41, 5.74) is 3.38. The lowest BCUT2D eigenvalue weighted by Crippen LogP contribution is -2.47. The van der Waals surface area contributed by atoms with E-state index >= 15 is 0 Å². The standard InChI is InChI=1S/C33H33Cl2N5O6/c1-39-15-21(32(43)40(2)33(39)44)30(42)37-24-9-5-7-19(29(24)35)18-6-4-8-20(28(18)34)25-14-17-10-11-23(27(17)31(38-25)45-3)36-22-12-13-46-16-26(22)41/h4-9,14-15,22-23,26,36,41H,10-13,16H2,1-3H3,(H,37,42)/t22-,23?,26+/m0/s1. The maximum atomic E-state index is 13.1. The lowest BCUT2D eigenvalue weighted by Gasteiger charge is -2.31. The molecule has 2 aromatic heterocycles. The van der Waals surface area contributed by atoms with Gasteiger partial charge in [-0.3, -0.25) is 14.2 Å². The van der Waals surface area contributed by atoms with Crippen LogP contribution in [-0.4, -0.2) is 57.6 Å². The number of fused-ring (bicyclic) bond motifs is 1. The van der Waals surface area contributed by atoms with Crippen molar-refractivity contribution in [3.8, 4) is 28.3 Å². The number of benzene rings is 2. The molecule has 3 N–H and O–H groups in total. The van der Waals surface area contributed by atoms with Gasteiger partial charge in [0.1, 0.15) is 5.56 Å². The lowest BCUT2D eigenvalue weighted by atomic mass is 9.99. The van der Waals surface area contributed by atoms with Crippen LogP contribution in [0.25, 0.3) is 22.4 Å². The van der Waals surface area contributed by atoms with Crippen LogP contribution in [0.2, 0.25) is 10.0 Å². The summed E-state index contributed by atoms with van der Waals surface area (Å²) >= 11 is 13.9. The monoisotopic (exact) mass is 665 g/mol. The average Bonchev–Trinajstić information content (AvgIpc) is 3.46. The van der Waals surface area contributed by atoms with E-state index in [0.717, 1.165) is 39.5 Å². The Morgan fingerprint density at radius 1 is 1.07 bits per heavy atom. The number of amides is 1. The van der Waals surface area contributed by atoms with E-state index in [9.17, 15) is 19.5 Å². The first-order valence-corrected chi connectivity index (χ1v) is 15.6. The van der Waals surface area contributed by atoms with Gasteiger partial charge in [0, 0.05) is 61.2 Å². The number of rotatable bonds is 7. The number of hydrogen-bond acceptors (Lipinski definition) is 8. The maximum Gasteiger partial charge on any atom is 0.330 e. The number of nitrogens with zero attached hydrogens (tertiary/aromatic N) is 3. The quantitative estimate of drug-likeness (QED) is 0.268. The van der Waals surface area contributed by atoms with E-state index in [2.05, 4.69) is 10.6 Å². The summed E-state index contributed by atoms with van der Waals surface area (Å²) in [6.07, 6.45) is 3.00. The van der Waals surface area contributed by atoms with Crippen molar-refractivity contribution >= 4 is 34.8 Å². The fourth-order valence-corrected chi connectivity index (χ4v) is 6.77. The molecule has 1 fully saturated rings. The first-order valence-electron chi connectivity index (χ1n) is 14.8. The smallest absolute Gasteiger partial charge is 0.330 e. The Hall–Kier alpha value is -4.00. The number of aromatic nitrogens is 3. The SMILES string of the molecule is COc1nc(-c2cccc(-c3cccc(NC(=O)c4cn(C)c(=O)n(C)c4=O)c3Cl)c2Cl)cc2c1C(N[C@H]1CCOC[C@H]1O)CC2. The summed E-state index contributed by atoms with van der Waals surface area (Å²) in [5, 5.41) is 17.3. The zero-order chi connectivity index (χ0) is 32.7. The van der Waals surface area contributed by atoms with Gasteiger partial charge < -0.3 is 29.8 Å². The third-order valence-corrected chi connectivity index (χ3v) is 9.41. The van der Waals surface area contributed by atoms with Crippen molar-refractivity contribution in [1.82, 2.24) is 19.4 Å². The number of hydrogen-bond donors (Lipinski definition) is 3. The zero-order valence-electron chi connectivity index (χ0n) is 25.5. The molecule has 46 heavy (non-hydrogen) atoms. The number of halogens is 2. The molecule has 1 unspecified atom stereocenters. The molecule has 0 spiro atoms. The van der Waals surface area contributed by atoms with Crippen LogP contribution in [0.15, 0.2) is 58.3 Å². The topological polar surface area (TPSA) is 137 Å². The molecule has 3 heterocycles. The van der Waals surface area contributed by atoms with E-state index < -0.39 is 23.3 Å². The van der Waals surface area contributed by atoms with Gasteiger partial charge in [0.25, 0.3) is 11.5 Å². The fraction of sp³-hybridized carbons (Fsp3) is 0.333. The van der Waals surface area contributed by atoms with Crippen LogP contribution in [0.5, 0.6) is 5.88 Å². The van der Waals surface area contributed by atoms with Crippen LogP contribution in [0.4, 0.5) is 5.69 Å². The van der Waals surface area contributed by atoms with E-state index in [4.69, 9.17) is 37.7 Å². The van der Waals surface area contributed by atoms with Crippen molar-refractivity contribution in [2.75, 3.05) is 25.6 Å². The highest BCUT2D eigenvalue weighted by Crippen LogP contribution is 2.44. The van der Waals surface area contributed by atoms with E-state index in [0.29, 0.717) is 46.5 Å². The zero-order valence-corrected chi connectivity index (χ0v) is 27.0. The summed E-state index contributed by atoms with van der Waals surface area (Å²) in [4.78, 5) is 42.6. The Morgan fingerprint density at radius 2 is 1.78 bits per heavy atom. The highest BCUT2D eigenvalue weighted by Gasteiger charge is 2.33. The molecule has 11 nitrogen and oxygen atoms in total. The molecule has 1 aliphatic heterocycles. The normalized spacial score (nSPS) is 19.1. The van der Waals surface area contributed by atoms with Crippen molar-refractivity contribution in [1.29, 1.82) is 0 Å². The molecule has 3 atom stereocenters. The first-order chi connectivity index (χ1) is 22.1. The minimum atomic E-state index is -0.718. The molecule has 6 rings (SSSR count). The third kappa shape index (κ3) is 5.85. The molecule has 1 aliphatic carbocycles. The number of pyridine rings is 1. The number of carbonyl (C=O) groups is 1. The van der Waals surface area contributed by atoms with Gasteiger partial charge in [0.05, 0.1) is 41.2 Å². The summed E-state index contributed by atoms with van der Waals surface area (Å²) in [6, 6.07) is 12.6. The molecular formula is C33H33Cl2N5O6. The van der Waals surface area contributed by atoms with Crippen LogP contribution < -0.4 is 26.6 Å². The third-order valence-electron chi connectivity index (χ3n) is 8.60. The van der Waals surface area contributed by atoms with Crippen molar-refractivity contribution in [2.45, 2.75) is 37.5 Å². The Bertz CT molecular complexity index is 1960. The van der Waals surface area contributed by atoms with Gasteiger partial charge >= 0.3 is 5.69 Å². The number of anilines is 1. The number of aliphatic hydroxyl groups excluding tert-OH is 1. The average molecular weight is 667 g/mol. The molecule has 240 valence electrons. The predicted molar refractivity (Wildman–Crippen MR) is 176 cm³/mol. The van der Waals surface area contributed by atoms with Gasteiger partial charge in [0.15, 0.2) is 0 Å². The van der Waals surface area contributed by atoms with Crippen LogP contribution in [0.1, 0.15) is 40.4 Å². The largest absolute Gasteiger partial charge is 0.481 e. The minimum absolute atomic E-state index is 0.0104. The van der Waals surface area contributed by atoms with Gasteiger partial charge in [0.2, 0.25) is 5.88 Å². The van der Waals surface area contributed by atoms with Gasteiger partial charge in [-0.1, -0.05) is 53.5 Å². The highest BCUT2D eigenvalue weighted by atomic mass is 35.5. The van der Waals surface area contributed by atoms with Crippen molar-refractivity contribution in [2.24, 2.45) is 14.1 Å². The van der Waals surface area contributed by atoms with E-state index in [-0.39, 0.29) is 28.4 Å². The van der Waals surface area contributed by atoms with Crippen LogP contribution in [-0.2, 0) is 25.3 Å². The second-order valence-corrected chi connectivity index (χ2v) is 12.2. The number of ether oxygens (including phenoxy) is 2. The number of aliphatic hydroxyl groups is 1. The van der Waals surface area contributed by atoms with Gasteiger partial charge in [-0.2, -0.15) is 0 Å². The van der Waals surface area contributed by atoms with Crippen molar-refractivity contribution in [3.63, 3.8) is 0 Å². The van der Waals surface area contributed by atoms with Gasteiger partial charge in [-0.15, -0.1) is 0 Å². The first kappa shape index (κ1) is 32.0. The molecule has 4 aromatic rings. The summed E-state index contributed by atoms with van der Waals surface area (Å²) in [6.45, 7) is 0.917. The molecule has 2 aromatic carbocycles. The summed E-state index contributed by atoms with van der Waals surface area (Å²) in [5.74, 6) is -0.207. The minimum Gasteiger partial charge on any atom is -0.481 e. The van der Waals surface area contributed by atoms with Gasteiger partial charge in [-0.05, 0) is 37.0 Å². The lowest BCUT2D eigenvalue weighted by molar-refractivity contribution is -0.0304. The highest BCUT2D eigenvalue weighted by molar-refractivity contribution is 6.39. The molecule has 1 amide bonds. The van der Waals surface area contributed by atoms with Gasteiger partial charge in [-0.25, -0.2) is 9.78 Å². The Morgan fingerprint density at radius 3 is 2.52 bits per heavy atom. The molecule has 0 bridgehead atoms. The van der Waals surface area contributed by atoms with Crippen LogP contribution in [0.3, 0.4) is 0 Å². The summed E-state index contributed by atoms with van der Waals surface area (Å²) in [7, 11) is 4.36. The number of nitrogens with one attached hydrogen (secondary N) is 2.